The molecule has 0 unspecified atom stereocenters. The Morgan fingerprint density at radius 1 is 1.35 bits per heavy atom. The molecule has 0 aliphatic carbocycles. The molecule has 0 fully saturated rings. The summed E-state index contributed by atoms with van der Waals surface area (Å²) in [6.45, 7) is 2.19. The van der Waals surface area contributed by atoms with Crippen LogP contribution in [0, 0.1) is 0 Å². The van der Waals surface area contributed by atoms with E-state index in [2.05, 4.69) is 22.1 Å². The van der Waals surface area contributed by atoms with E-state index in [1.165, 1.54) is 12.8 Å². The summed E-state index contributed by atoms with van der Waals surface area (Å²) in [4.78, 5) is 4.10. The Kier molecular flexibility index (Phi) is 4.14. The number of pyridine rings is 1. The van der Waals surface area contributed by atoms with Crippen LogP contribution in [0.1, 0.15) is 19.8 Å². The molecule has 2 heterocycles. The predicted molar refractivity (Wildman–Crippen MR) is 69.9 cm³/mol. The Hall–Kier alpha value is -1.36. The maximum absolute atomic E-state index is 4.22. The molecule has 0 aromatic carbocycles. The average Bonchev–Trinajstić information content (AvgIpc) is 2.73. The second kappa shape index (κ2) is 5.82. The molecule has 0 saturated carbocycles. The van der Waals surface area contributed by atoms with E-state index >= 15 is 0 Å². The Morgan fingerprint density at radius 3 is 2.94 bits per heavy atom. The lowest BCUT2D eigenvalue weighted by Crippen LogP contribution is -1.95. The maximum Gasteiger partial charge on any atom is 0.191 e. The van der Waals surface area contributed by atoms with Crippen molar-refractivity contribution in [2.45, 2.75) is 24.9 Å². The van der Waals surface area contributed by atoms with E-state index in [-0.39, 0.29) is 0 Å². The van der Waals surface area contributed by atoms with Gasteiger partial charge in [0.05, 0.1) is 0 Å². The van der Waals surface area contributed by atoms with Crippen LogP contribution in [0.15, 0.2) is 29.7 Å². The summed E-state index contributed by atoms with van der Waals surface area (Å²) in [7, 11) is 2.00. The smallest absolute Gasteiger partial charge is 0.191 e. The zero-order valence-electron chi connectivity index (χ0n) is 10.1. The molecule has 5 heteroatoms. The molecule has 0 amide bonds. The largest absolute Gasteiger partial charge is 0.305 e. The first-order valence-corrected chi connectivity index (χ1v) is 6.74. The van der Waals surface area contributed by atoms with Gasteiger partial charge in [0.15, 0.2) is 11.0 Å². The van der Waals surface area contributed by atoms with Crippen LogP contribution in [0.25, 0.3) is 11.4 Å². The molecule has 0 aliphatic heterocycles. The van der Waals surface area contributed by atoms with Gasteiger partial charge in [0, 0.05) is 30.8 Å². The van der Waals surface area contributed by atoms with E-state index in [4.69, 9.17) is 0 Å². The molecule has 0 N–H and O–H groups in total. The van der Waals surface area contributed by atoms with Gasteiger partial charge in [0.2, 0.25) is 0 Å². The average molecular weight is 248 g/mol. The topological polar surface area (TPSA) is 43.6 Å². The van der Waals surface area contributed by atoms with Gasteiger partial charge < -0.3 is 4.57 Å². The third-order valence-corrected chi connectivity index (χ3v) is 3.59. The van der Waals surface area contributed by atoms with Crippen molar-refractivity contribution in [3.63, 3.8) is 0 Å². The van der Waals surface area contributed by atoms with Gasteiger partial charge in [-0.05, 0) is 18.6 Å². The van der Waals surface area contributed by atoms with Crippen LogP contribution >= 0.6 is 11.8 Å². The molecule has 0 spiro atoms. The molecule has 2 rings (SSSR count). The zero-order chi connectivity index (χ0) is 12.1. The molecular weight excluding hydrogens is 232 g/mol. The Morgan fingerprint density at radius 2 is 2.24 bits per heavy atom. The van der Waals surface area contributed by atoms with Crippen LogP contribution in [0.2, 0.25) is 0 Å². The van der Waals surface area contributed by atoms with Gasteiger partial charge in [-0.2, -0.15) is 0 Å². The summed E-state index contributed by atoms with van der Waals surface area (Å²) in [6, 6.07) is 3.91. The number of rotatable bonds is 5. The molecule has 4 nitrogen and oxygen atoms in total. The van der Waals surface area contributed by atoms with Crippen molar-refractivity contribution in [3.05, 3.63) is 24.5 Å². The highest BCUT2D eigenvalue weighted by Crippen LogP contribution is 2.22. The number of thioether (sulfide) groups is 1. The molecule has 2 aromatic heterocycles. The summed E-state index contributed by atoms with van der Waals surface area (Å²) in [5, 5.41) is 9.40. The summed E-state index contributed by atoms with van der Waals surface area (Å²) in [5.41, 5.74) is 1.00. The quantitative estimate of drug-likeness (QED) is 0.603. The molecule has 17 heavy (non-hydrogen) atoms. The predicted octanol–water partition coefficient (Wildman–Crippen LogP) is 2.77. The number of aromatic nitrogens is 4. The lowest BCUT2D eigenvalue weighted by atomic mass is 10.3. The molecular formula is C12H16N4S. The monoisotopic (exact) mass is 248 g/mol. The third kappa shape index (κ3) is 2.85. The van der Waals surface area contributed by atoms with Gasteiger partial charge in [0.1, 0.15) is 0 Å². The van der Waals surface area contributed by atoms with Crippen LogP contribution in [0.4, 0.5) is 0 Å². The van der Waals surface area contributed by atoms with E-state index in [1.807, 2.05) is 29.9 Å². The van der Waals surface area contributed by atoms with Crippen LogP contribution in [-0.4, -0.2) is 25.5 Å². The highest BCUT2D eigenvalue weighted by molar-refractivity contribution is 7.99. The van der Waals surface area contributed by atoms with Crippen molar-refractivity contribution in [1.29, 1.82) is 0 Å². The van der Waals surface area contributed by atoms with Crippen molar-refractivity contribution in [2.24, 2.45) is 7.05 Å². The van der Waals surface area contributed by atoms with Crippen LogP contribution in [-0.2, 0) is 7.05 Å². The Balaban J connectivity index is 2.15. The van der Waals surface area contributed by atoms with E-state index < -0.39 is 0 Å². The first kappa shape index (κ1) is 12.1. The number of hydrogen-bond acceptors (Lipinski definition) is 4. The summed E-state index contributed by atoms with van der Waals surface area (Å²) >= 11 is 1.76. The summed E-state index contributed by atoms with van der Waals surface area (Å²) in [5.74, 6) is 1.97. The molecule has 0 atom stereocenters. The highest BCUT2D eigenvalue weighted by Gasteiger charge is 2.10. The normalized spacial score (nSPS) is 10.7. The van der Waals surface area contributed by atoms with Gasteiger partial charge in [0.25, 0.3) is 0 Å². The lowest BCUT2D eigenvalue weighted by molar-refractivity contribution is 0.790. The fraction of sp³-hybridized carbons (Fsp3) is 0.417. The lowest BCUT2D eigenvalue weighted by Gasteiger charge is -2.02. The summed E-state index contributed by atoms with van der Waals surface area (Å²) in [6.07, 6.45) is 5.99. The Labute approximate surface area is 105 Å². The van der Waals surface area contributed by atoms with Gasteiger partial charge in [-0.1, -0.05) is 25.1 Å². The van der Waals surface area contributed by atoms with E-state index in [1.54, 1.807) is 18.0 Å². The SMILES string of the molecule is CCCCSc1nnc(-c2cccnc2)n1C. The molecule has 0 bridgehead atoms. The van der Waals surface area contributed by atoms with E-state index in [0.717, 1.165) is 22.3 Å². The van der Waals surface area contributed by atoms with Crippen molar-refractivity contribution in [2.75, 3.05) is 5.75 Å². The first-order chi connectivity index (χ1) is 8.33. The minimum Gasteiger partial charge on any atom is -0.305 e. The zero-order valence-corrected chi connectivity index (χ0v) is 10.9. The maximum atomic E-state index is 4.22. The standard InChI is InChI=1S/C12H16N4S/c1-3-4-8-17-12-15-14-11(16(12)2)10-6-5-7-13-9-10/h5-7,9H,3-4,8H2,1-2H3. The fourth-order valence-electron chi connectivity index (χ4n) is 1.49. The number of hydrogen-bond donors (Lipinski definition) is 0. The van der Waals surface area contributed by atoms with Crippen molar-refractivity contribution >= 4 is 11.8 Å². The minimum atomic E-state index is 0.872. The van der Waals surface area contributed by atoms with Crippen LogP contribution < -0.4 is 0 Å². The van der Waals surface area contributed by atoms with Crippen molar-refractivity contribution in [1.82, 2.24) is 19.7 Å². The van der Waals surface area contributed by atoms with Gasteiger partial charge >= 0.3 is 0 Å². The highest BCUT2D eigenvalue weighted by atomic mass is 32.2. The third-order valence-electron chi connectivity index (χ3n) is 2.48. The second-order valence-electron chi connectivity index (χ2n) is 3.81. The van der Waals surface area contributed by atoms with E-state index in [0.29, 0.717) is 0 Å². The molecule has 0 aliphatic rings. The van der Waals surface area contributed by atoms with Gasteiger partial charge in [-0.3, -0.25) is 4.98 Å². The van der Waals surface area contributed by atoms with Crippen LogP contribution in [0.5, 0.6) is 0 Å². The number of unbranched alkanes of at least 4 members (excludes halogenated alkanes) is 1. The molecule has 0 saturated heterocycles. The van der Waals surface area contributed by atoms with Gasteiger partial charge in [-0.25, -0.2) is 0 Å². The molecule has 0 radical (unpaired) electrons. The molecule has 2 aromatic rings. The Bertz CT molecular complexity index is 467. The molecule has 90 valence electrons. The van der Waals surface area contributed by atoms with Crippen molar-refractivity contribution < 1.29 is 0 Å². The summed E-state index contributed by atoms with van der Waals surface area (Å²) < 4.78 is 2.03. The fourth-order valence-corrected chi connectivity index (χ4v) is 2.49. The van der Waals surface area contributed by atoms with Crippen LogP contribution in [0.3, 0.4) is 0 Å². The first-order valence-electron chi connectivity index (χ1n) is 5.75. The second-order valence-corrected chi connectivity index (χ2v) is 4.87. The van der Waals surface area contributed by atoms with E-state index in [9.17, 15) is 0 Å². The minimum absolute atomic E-state index is 0.872. The van der Waals surface area contributed by atoms with Crippen molar-refractivity contribution in [3.8, 4) is 11.4 Å². The van der Waals surface area contributed by atoms with Gasteiger partial charge in [-0.15, -0.1) is 10.2 Å². The number of nitrogens with zero attached hydrogens (tertiary/aromatic N) is 4.